The van der Waals surface area contributed by atoms with E-state index in [0.717, 1.165) is 21.6 Å². The van der Waals surface area contributed by atoms with Crippen molar-refractivity contribution in [2.45, 2.75) is 19.4 Å². The summed E-state index contributed by atoms with van der Waals surface area (Å²) >= 11 is 5.08. The number of phenolic OH excluding ortho intramolecular Hbond substituents is 1. The van der Waals surface area contributed by atoms with Gasteiger partial charge in [-0.1, -0.05) is 22.9 Å². The number of hydrogen-bond donors (Lipinski definition) is 2. The highest BCUT2D eigenvalue weighted by Crippen LogP contribution is 2.22. The van der Waals surface area contributed by atoms with Crippen molar-refractivity contribution in [3.05, 3.63) is 44.8 Å². The molecule has 1 unspecified atom stereocenters. The number of nitrogens with one attached hydrogen (secondary N) is 1. The van der Waals surface area contributed by atoms with Crippen LogP contribution in [0.2, 0.25) is 0 Å². The minimum Gasteiger partial charge on any atom is -0.508 e. The summed E-state index contributed by atoms with van der Waals surface area (Å²) in [6.45, 7) is 3.65. The minimum absolute atomic E-state index is 0.326. The first-order valence-corrected chi connectivity index (χ1v) is 7.41. The average Bonchev–Trinajstić information content (AvgIpc) is 2.87. The van der Waals surface area contributed by atoms with Crippen molar-refractivity contribution in [2.75, 3.05) is 6.54 Å². The van der Waals surface area contributed by atoms with Gasteiger partial charge < -0.3 is 10.4 Å². The van der Waals surface area contributed by atoms with Crippen LogP contribution in [0.4, 0.5) is 0 Å². The number of halogens is 1. The Bertz CT molecular complexity index is 502. The second-order valence-electron chi connectivity index (χ2n) is 4.18. The van der Waals surface area contributed by atoms with Crippen molar-refractivity contribution in [1.29, 1.82) is 0 Å². The summed E-state index contributed by atoms with van der Waals surface area (Å²) in [7, 11) is 0. The van der Waals surface area contributed by atoms with Gasteiger partial charge in [-0.25, -0.2) is 4.98 Å². The van der Waals surface area contributed by atoms with E-state index >= 15 is 0 Å². The van der Waals surface area contributed by atoms with Crippen LogP contribution in [0, 0.1) is 0 Å². The van der Waals surface area contributed by atoms with Crippen LogP contribution in [-0.2, 0) is 6.54 Å². The summed E-state index contributed by atoms with van der Waals surface area (Å²) in [6, 6.07) is 5.46. The molecule has 18 heavy (non-hydrogen) atoms. The third kappa shape index (κ3) is 3.54. The van der Waals surface area contributed by atoms with Gasteiger partial charge in [-0.15, -0.1) is 11.3 Å². The van der Waals surface area contributed by atoms with Crippen molar-refractivity contribution in [3.8, 4) is 5.75 Å². The number of aromatic hydroxyl groups is 1. The van der Waals surface area contributed by atoms with Crippen LogP contribution >= 0.6 is 27.3 Å². The number of hydrogen-bond acceptors (Lipinski definition) is 4. The zero-order chi connectivity index (χ0) is 13.0. The molecule has 0 spiro atoms. The van der Waals surface area contributed by atoms with Crippen LogP contribution in [0.1, 0.15) is 23.4 Å². The Morgan fingerprint density at radius 2 is 2.33 bits per heavy atom. The van der Waals surface area contributed by atoms with E-state index < -0.39 is 0 Å². The first-order valence-electron chi connectivity index (χ1n) is 5.74. The van der Waals surface area contributed by atoms with Gasteiger partial charge in [-0.2, -0.15) is 0 Å². The lowest BCUT2D eigenvalue weighted by atomic mass is 10.1. The summed E-state index contributed by atoms with van der Waals surface area (Å²) < 4.78 is 0.977. The van der Waals surface area contributed by atoms with Crippen LogP contribution in [0.25, 0.3) is 0 Å². The summed E-state index contributed by atoms with van der Waals surface area (Å²) in [4.78, 5) is 4.30. The van der Waals surface area contributed by atoms with Gasteiger partial charge in [0.25, 0.3) is 0 Å². The maximum absolute atomic E-state index is 9.71. The molecule has 2 aromatic rings. The number of rotatable bonds is 5. The fraction of sp³-hybridized carbons (Fsp3) is 0.308. The molecule has 0 bridgehead atoms. The van der Waals surface area contributed by atoms with E-state index in [4.69, 9.17) is 0 Å². The first kappa shape index (κ1) is 13.5. The number of benzene rings is 1. The molecule has 0 saturated heterocycles. The van der Waals surface area contributed by atoms with Crippen molar-refractivity contribution in [1.82, 2.24) is 10.3 Å². The Labute approximate surface area is 119 Å². The zero-order valence-electron chi connectivity index (χ0n) is 10.1. The SMILES string of the molecule is CC(CNCc1cc(Br)ccc1O)c1nccs1. The molecule has 0 saturated carbocycles. The van der Waals surface area contributed by atoms with E-state index in [9.17, 15) is 5.11 Å². The maximum atomic E-state index is 9.71. The Balaban J connectivity index is 1.87. The van der Waals surface area contributed by atoms with Crippen LogP contribution in [-0.4, -0.2) is 16.6 Å². The molecular formula is C13H15BrN2OS. The van der Waals surface area contributed by atoms with E-state index in [1.54, 1.807) is 17.4 Å². The van der Waals surface area contributed by atoms with E-state index in [0.29, 0.717) is 18.2 Å². The zero-order valence-corrected chi connectivity index (χ0v) is 12.5. The van der Waals surface area contributed by atoms with E-state index in [1.807, 2.05) is 23.7 Å². The summed E-state index contributed by atoms with van der Waals surface area (Å²) in [6.07, 6.45) is 1.83. The van der Waals surface area contributed by atoms with Crippen LogP contribution in [0.15, 0.2) is 34.2 Å². The fourth-order valence-corrected chi connectivity index (χ4v) is 2.79. The van der Waals surface area contributed by atoms with Crippen LogP contribution in [0.3, 0.4) is 0 Å². The molecule has 5 heteroatoms. The van der Waals surface area contributed by atoms with Gasteiger partial charge in [0.1, 0.15) is 5.75 Å². The van der Waals surface area contributed by atoms with Gasteiger partial charge in [-0.3, -0.25) is 0 Å². The lowest BCUT2D eigenvalue weighted by Gasteiger charge is -2.11. The molecular weight excluding hydrogens is 312 g/mol. The topological polar surface area (TPSA) is 45.1 Å². The molecule has 0 fully saturated rings. The molecule has 0 aliphatic rings. The number of nitrogens with zero attached hydrogens (tertiary/aromatic N) is 1. The smallest absolute Gasteiger partial charge is 0.120 e. The lowest BCUT2D eigenvalue weighted by molar-refractivity contribution is 0.463. The molecule has 2 N–H and O–H groups in total. The normalized spacial score (nSPS) is 12.6. The molecule has 1 heterocycles. The molecule has 2 rings (SSSR count). The Hall–Kier alpha value is -0.910. The van der Waals surface area contributed by atoms with Gasteiger partial charge in [0, 0.05) is 40.6 Å². The third-order valence-electron chi connectivity index (χ3n) is 2.68. The Morgan fingerprint density at radius 1 is 1.50 bits per heavy atom. The van der Waals surface area contributed by atoms with Gasteiger partial charge in [0.2, 0.25) is 0 Å². The average molecular weight is 327 g/mol. The molecule has 3 nitrogen and oxygen atoms in total. The van der Waals surface area contributed by atoms with Crippen molar-refractivity contribution >= 4 is 27.3 Å². The molecule has 96 valence electrons. The fourth-order valence-electron chi connectivity index (χ4n) is 1.68. The predicted molar refractivity (Wildman–Crippen MR) is 78.0 cm³/mol. The summed E-state index contributed by atoms with van der Waals surface area (Å²) in [5.41, 5.74) is 0.899. The van der Waals surface area contributed by atoms with Crippen LogP contribution in [0.5, 0.6) is 5.75 Å². The van der Waals surface area contributed by atoms with E-state index in [-0.39, 0.29) is 0 Å². The van der Waals surface area contributed by atoms with Gasteiger partial charge in [-0.05, 0) is 18.2 Å². The third-order valence-corrected chi connectivity index (χ3v) is 4.18. The first-order chi connectivity index (χ1) is 8.66. The van der Waals surface area contributed by atoms with Gasteiger partial charge in [0.15, 0.2) is 0 Å². The molecule has 0 aliphatic heterocycles. The second kappa shape index (κ2) is 6.31. The molecule has 1 aromatic carbocycles. The number of aromatic nitrogens is 1. The predicted octanol–water partition coefficient (Wildman–Crippen LogP) is 3.50. The second-order valence-corrected chi connectivity index (χ2v) is 6.02. The Kier molecular flexibility index (Phi) is 4.74. The molecule has 0 amide bonds. The summed E-state index contributed by atoms with van der Waals surface area (Å²) in [5, 5.41) is 16.2. The van der Waals surface area contributed by atoms with E-state index in [2.05, 4.69) is 33.2 Å². The lowest BCUT2D eigenvalue weighted by Crippen LogP contribution is -2.19. The molecule has 1 aromatic heterocycles. The van der Waals surface area contributed by atoms with Gasteiger partial charge in [0.05, 0.1) is 5.01 Å². The molecule has 0 aliphatic carbocycles. The maximum Gasteiger partial charge on any atom is 0.120 e. The van der Waals surface area contributed by atoms with Gasteiger partial charge >= 0.3 is 0 Å². The van der Waals surface area contributed by atoms with Crippen LogP contribution < -0.4 is 5.32 Å². The standard InChI is InChI=1S/C13H15BrN2OS/c1-9(13-16-4-5-18-13)7-15-8-10-6-11(14)2-3-12(10)17/h2-6,9,15,17H,7-8H2,1H3. The van der Waals surface area contributed by atoms with E-state index in [1.165, 1.54) is 0 Å². The van der Waals surface area contributed by atoms with Crippen molar-refractivity contribution < 1.29 is 5.11 Å². The minimum atomic E-state index is 0.326. The number of phenols is 1. The quantitative estimate of drug-likeness (QED) is 0.883. The van der Waals surface area contributed by atoms with Crippen molar-refractivity contribution in [3.63, 3.8) is 0 Å². The highest BCUT2D eigenvalue weighted by atomic mass is 79.9. The van der Waals surface area contributed by atoms with Crippen molar-refractivity contribution in [2.24, 2.45) is 0 Å². The number of thiazole rings is 1. The highest BCUT2D eigenvalue weighted by Gasteiger charge is 2.08. The monoisotopic (exact) mass is 326 g/mol. The summed E-state index contributed by atoms with van der Waals surface area (Å²) in [5.74, 6) is 0.715. The largest absolute Gasteiger partial charge is 0.508 e. The molecule has 1 atom stereocenters. The molecule has 0 radical (unpaired) electrons. The Morgan fingerprint density at radius 3 is 3.06 bits per heavy atom. The highest BCUT2D eigenvalue weighted by molar-refractivity contribution is 9.10.